The molecular formula is C24H27N3O5S4. The predicted molar refractivity (Wildman–Crippen MR) is 146 cm³/mol. The molecule has 1 unspecified atom stereocenters. The van der Waals surface area contributed by atoms with E-state index in [-0.39, 0.29) is 16.8 Å². The summed E-state index contributed by atoms with van der Waals surface area (Å²) in [4.78, 5) is 3.87. The van der Waals surface area contributed by atoms with E-state index in [2.05, 4.69) is 4.83 Å². The van der Waals surface area contributed by atoms with Crippen molar-refractivity contribution in [1.29, 1.82) is 0 Å². The van der Waals surface area contributed by atoms with Gasteiger partial charge in [-0.15, -0.1) is 16.2 Å². The molecule has 2 aromatic carbocycles. The Labute approximate surface area is 220 Å². The quantitative estimate of drug-likeness (QED) is 0.266. The van der Waals surface area contributed by atoms with Gasteiger partial charge >= 0.3 is 10.3 Å². The van der Waals surface area contributed by atoms with E-state index in [1.807, 2.05) is 58.0 Å². The highest BCUT2D eigenvalue weighted by Gasteiger charge is 2.32. The molecule has 4 rings (SSSR count). The Morgan fingerprint density at radius 2 is 1.58 bits per heavy atom. The maximum Gasteiger partial charge on any atom is 0.357 e. The minimum atomic E-state index is -4.32. The number of rotatable bonds is 12. The summed E-state index contributed by atoms with van der Waals surface area (Å²) < 4.78 is 58.9. The first-order chi connectivity index (χ1) is 17.2. The molecule has 0 bridgehead atoms. The maximum absolute atomic E-state index is 13.0. The summed E-state index contributed by atoms with van der Waals surface area (Å²) in [7, 11) is -7.88. The summed E-state index contributed by atoms with van der Waals surface area (Å²) in [6.45, 7) is 0. The fourth-order valence-corrected chi connectivity index (χ4v) is 7.50. The summed E-state index contributed by atoms with van der Waals surface area (Å²) in [5.41, 5.74) is 3.19. The fraction of sp³-hybridized carbons (Fsp3) is 0.250. The lowest BCUT2D eigenvalue weighted by Gasteiger charge is -2.28. The number of sulfonamides is 1. The molecule has 1 aliphatic rings. The molecule has 0 fully saturated rings. The van der Waals surface area contributed by atoms with Crippen molar-refractivity contribution in [2.24, 2.45) is 0 Å². The number of allylic oxidation sites excluding steroid dienone is 1. The van der Waals surface area contributed by atoms with Crippen LogP contribution in [0.15, 0.2) is 83.2 Å². The van der Waals surface area contributed by atoms with E-state index in [0.717, 1.165) is 21.7 Å². The van der Waals surface area contributed by atoms with Gasteiger partial charge < -0.3 is 0 Å². The van der Waals surface area contributed by atoms with Crippen LogP contribution in [0.1, 0.15) is 34.2 Å². The van der Waals surface area contributed by atoms with Crippen LogP contribution in [-0.2, 0) is 33.2 Å². The molecular weight excluding hydrogens is 539 g/mol. The summed E-state index contributed by atoms with van der Waals surface area (Å²) in [5.74, 6) is 0.0235. The van der Waals surface area contributed by atoms with Crippen molar-refractivity contribution in [2.45, 2.75) is 31.1 Å². The number of nitrogens with zero attached hydrogens (tertiary/aromatic N) is 1. The van der Waals surface area contributed by atoms with E-state index in [1.165, 1.54) is 0 Å². The fourth-order valence-electron chi connectivity index (χ4n) is 3.79. The number of hydrazine groups is 1. The van der Waals surface area contributed by atoms with Gasteiger partial charge in [-0.3, -0.25) is 14.3 Å². The van der Waals surface area contributed by atoms with Crippen molar-refractivity contribution in [3.05, 3.63) is 99.2 Å². The molecule has 0 spiro atoms. The zero-order valence-corrected chi connectivity index (χ0v) is 22.5. The van der Waals surface area contributed by atoms with Crippen LogP contribution >= 0.6 is 23.1 Å². The molecule has 36 heavy (non-hydrogen) atoms. The Balaban J connectivity index is 1.40. The van der Waals surface area contributed by atoms with E-state index >= 15 is 0 Å². The lowest BCUT2D eigenvalue weighted by Crippen LogP contribution is -2.42. The van der Waals surface area contributed by atoms with Gasteiger partial charge in [0.2, 0.25) is 10.0 Å². The van der Waals surface area contributed by atoms with Crippen molar-refractivity contribution in [3.63, 3.8) is 0 Å². The molecule has 1 aromatic heterocycles. The largest absolute Gasteiger partial charge is 0.357 e. The third-order valence-corrected chi connectivity index (χ3v) is 9.49. The molecule has 0 amide bonds. The minimum absolute atomic E-state index is 0.0235. The number of aryl methyl sites for hydroxylation is 2. The van der Waals surface area contributed by atoms with E-state index in [1.54, 1.807) is 52.4 Å². The number of hydrogen-bond acceptors (Lipinski definition) is 7. The number of nitrogens with one attached hydrogen (secondary N) is 2. The van der Waals surface area contributed by atoms with Crippen molar-refractivity contribution >= 4 is 49.1 Å². The van der Waals surface area contributed by atoms with E-state index in [9.17, 15) is 16.8 Å². The molecule has 0 radical (unpaired) electrons. The smallest absolute Gasteiger partial charge is 0.280 e. The lowest BCUT2D eigenvalue weighted by molar-refractivity contribution is 0.291. The number of thioether (sulfide) groups is 1. The first-order valence-corrected chi connectivity index (χ1v) is 16.2. The Morgan fingerprint density at radius 1 is 0.861 bits per heavy atom. The molecule has 0 aliphatic carbocycles. The van der Waals surface area contributed by atoms with Crippen LogP contribution < -0.4 is 9.55 Å². The van der Waals surface area contributed by atoms with Crippen molar-refractivity contribution in [2.75, 3.05) is 10.5 Å². The Hall–Kier alpha value is -2.35. The summed E-state index contributed by atoms with van der Waals surface area (Å²) in [5, 5.41) is 5.54. The monoisotopic (exact) mass is 565 g/mol. The third-order valence-electron chi connectivity index (χ3n) is 5.49. The number of benzene rings is 2. The normalized spacial score (nSPS) is 16.2. The van der Waals surface area contributed by atoms with Crippen LogP contribution in [0.4, 0.5) is 5.69 Å². The maximum atomic E-state index is 13.0. The SMILES string of the molecule is O=S(=O)(O)Nc1ccc(CCC2=CSC(c3cccs3)N2NS(=O)(=O)CCCc2ccccc2)cc1. The van der Waals surface area contributed by atoms with Crippen molar-refractivity contribution in [3.8, 4) is 0 Å². The lowest BCUT2D eigenvalue weighted by atomic mass is 10.1. The van der Waals surface area contributed by atoms with Crippen LogP contribution in [0.3, 0.4) is 0 Å². The second kappa shape index (κ2) is 11.8. The molecule has 0 saturated heterocycles. The van der Waals surface area contributed by atoms with E-state index in [4.69, 9.17) is 4.55 Å². The van der Waals surface area contributed by atoms with Crippen LogP contribution in [0.25, 0.3) is 0 Å². The summed E-state index contributed by atoms with van der Waals surface area (Å²) in [6, 6.07) is 20.5. The van der Waals surface area contributed by atoms with E-state index in [0.29, 0.717) is 25.7 Å². The van der Waals surface area contributed by atoms with Gasteiger partial charge in [0.1, 0.15) is 5.37 Å². The van der Waals surface area contributed by atoms with Gasteiger partial charge in [-0.05, 0) is 65.8 Å². The molecule has 3 aromatic rings. The number of thiophene rings is 1. The molecule has 8 nitrogen and oxygen atoms in total. The topological polar surface area (TPSA) is 116 Å². The Morgan fingerprint density at radius 3 is 2.25 bits per heavy atom. The van der Waals surface area contributed by atoms with Gasteiger partial charge in [-0.25, -0.2) is 8.42 Å². The highest BCUT2D eigenvalue weighted by Crippen LogP contribution is 2.44. The highest BCUT2D eigenvalue weighted by molar-refractivity contribution is 8.02. The minimum Gasteiger partial charge on any atom is -0.280 e. The number of hydrogen-bond donors (Lipinski definition) is 3. The molecule has 1 atom stereocenters. The van der Waals surface area contributed by atoms with Crippen LogP contribution in [0.5, 0.6) is 0 Å². The zero-order chi connectivity index (χ0) is 25.6. The average Bonchev–Trinajstić information content (AvgIpc) is 3.48. The van der Waals surface area contributed by atoms with Gasteiger partial charge in [-0.2, -0.15) is 8.42 Å². The standard InChI is InChI=1S/C24H27N3O5S4/c28-35(29,17-5-8-19-6-2-1-3-7-19)26-27-22(18-34-24(27)23-9-4-16-33-23)15-12-20-10-13-21(14-11-20)25-36(30,31)32/h1-4,6-7,9-11,13-14,16,18,24-26H,5,8,12,15,17H2,(H,30,31,32). The van der Waals surface area contributed by atoms with Gasteiger partial charge in [0, 0.05) is 10.6 Å². The Kier molecular flexibility index (Phi) is 8.75. The zero-order valence-electron chi connectivity index (χ0n) is 19.3. The molecule has 0 saturated carbocycles. The first-order valence-electron chi connectivity index (χ1n) is 11.2. The third kappa shape index (κ3) is 7.82. The van der Waals surface area contributed by atoms with Gasteiger partial charge in [0.05, 0.1) is 11.4 Å². The molecule has 12 heteroatoms. The van der Waals surface area contributed by atoms with Gasteiger partial charge in [0.15, 0.2) is 0 Å². The molecule has 1 aliphatic heterocycles. The van der Waals surface area contributed by atoms with Crippen LogP contribution in [0, 0.1) is 0 Å². The molecule has 3 N–H and O–H groups in total. The second-order valence-corrected chi connectivity index (χ2v) is 13.2. The van der Waals surface area contributed by atoms with Crippen molar-refractivity contribution < 1.29 is 21.4 Å². The number of anilines is 1. The molecule has 2 heterocycles. The second-order valence-electron chi connectivity index (χ2n) is 8.26. The first kappa shape index (κ1) is 26.7. The van der Waals surface area contributed by atoms with Crippen LogP contribution in [0.2, 0.25) is 0 Å². The summed E-state index contributed by atoms with van der Waals surface area (Å²) >= 11 is 3.15. The highest BCUT2D eigenvalue weighted by atomic mass is 32.2. The predicted octanol–water partition coefficient (Wildman–Crippen LogP) is 4.95. The molecule has 192 valence electrons. The van der Waals surface area contributed by atoms with Crippen LogP contribution in [-0.4, -0.2) is 32.2 Å². The average molecular weight is 566 g/mol. The van der Waals surface area contributed by atoms with Gasteiger partial charge in [0.25, 0.3) is 0 Å². The van der Waals surface area contributed by atoms with Crippen molar-refractivity contribution in [1.82, 2.24) is 9.84 Å². The van der Waals surface area contributed by atoms with Gasteiger partial charge in [-0.1, -0.05) is 60.3 Å². The Bertz CT molecular complexity index is 1380. The summed E-state index contributed by atoms with van der Waals surface area (Å²) in [6.07, 6.45) is 2.43. The van der Waals surface area contributed by atoms with E-state index < -0.39 is 20.3 Å².